The summed E-state index contributed by atoms with van der Waals surface area (Å²) >= 11 is 0. The van der Waals surface area contributed by atoms with Crippen LogP contribution in [0.2, 0.25) is 0 Å². The lowest BCUT2D eigenvalue weighted by atomic mass is 9.88. The van der Waals surface area contributed by atoms with Crippen molar-refractivity contribution in [2.75, 3.05) is 19.7 Å². The summed E-state index contributed by atoms with van der Waals surface area (Å²) in [5.41, 5.74) is 3.01. The van der Waals surface area contributed by atoms with E-state index in [2.05, 4.69) is 29.6 Å². The number of aromatic amines is 1. The van der Waals surface area contributed by atoms with Gasteiger partial charge >= 0.3 is 6.18 Å². The van der Waals surface area contributed by atoms with Gasteiger partial charge in [0.05, 0.1) is 53.6 Å². The average Bonchev–Trinajstić information content (AvgIpc) is 3.78. The minimum absolute atomic E-state index is 0.0519. The molecule has 252 valence electrons. The van der Waals surface area contributed by atoms with Crippen LogP contribution >= 0.6 is 0 Å². The molecule has 0 spiro atoms. The number of aromatic nitrogens is 6. The van der Waals surface area contributed by atoms with Gasteiger partial charge in [0.25, 0.3) is 5.79 Å². The van der Waals surface area contributed by atoms with Crippen LogP contribution in [0.3, 0.4) is 0 Å². The predicted molar refractivity (Wildman–Crippen MR) is 166 cm³/mol. The van der Waals surface area contributed by atoms with Crippen molar-refractivity contribution in [3.63, 3.8) is 0 Å². The first-order chi connectivity index (χ1) is 23.6. The van der Waals surface area contributed by atoms with Crippen molar-refractivity contribution in [3.05, 3.63) is 82.8 Å². The number of imidazole rings is 1. The van der Waals surface area contributed by atoms with Crippen LogP contribution in [0, 0.1) is 17.1 Å². The largest absolute Gasteiger partial charge is 0.451 e. The van der Waals surface area contributed by atoms with Crippen molar-refractivity contribution in [2.24, 2.45) is 0 Å². The molecule has 0 radical (unpaired) electrons. The quantitative estimate of drug-likeness (QED) is 0.205. The van der Waals surface area contributed by atoms with Crippen molar-refractivity contribution in [3.8, 4) is 29.1 Å². The third-order valence-electron chi connectivity index (χ3n) is 9.48. The highest BCUT2D eigenvalue weighted by molar-refractivity contribution is 5.79. The first-order valence-electron chi connectivity index (χ1n) is 16.0. The number of H-pyrrole nitrogens is 1. The first-order valence-corrected chi connectivity index (χ1v) is 16.0. The predicted octanol–water partition coefficient (Wildman–Crippen LogP) is 6.06. The van der Waals surface area contributed by atoms with E-state index >= 15 is 0 Å². The molecule has 0 saturated carbocycles. The molecule has 49 heavy (non-hydrogen) atoms. The van der Waals surface area contributed by atoms with Crippen molar-refractivity contribution in [1.29, 1.82) is 5.26 Å². The van der Waals surface area contributed by atoms with E-state index in [1.54, 1.807) is 25.3 Å². The maximum Gasteiger partial charge on any atom is 0.451 e. The zero-order valence-corrected chi connectivity index (χ0v) is 26.3. The van der Waals surface area contributed by atoms with Crippen LogP contribution in [0.15, 0.2) is 48.7 Å². The molecule has 0 bridgehead atoms. The molecule has 3 aliphatic heterocycles. The van der Waals surface area contributed by atoms with E-state index in [0.29, 0.717) is 36.7 Å². The second-order valence-electron chi connectivity index (χ2n) is 12.7. The van der Waals surface area contributed by atoms with Gasteiger partial charge in [0.1, 0.15) is 17.3 Å². The number of rotatable bonds is 7. The van der Waals surface area contributed by atoms with Crippen molar-refractivity contribution in [1.82, 2.24) is 34.6 Å². The molecule has 6 heterocycles. The second kappa shape index (κ2) is 11.8. The van der Waals surface area contributed by atoms with E-state index in [1.165, 1.54) is 12.1 Å². The lowest BCUT2D eigenvalue weighted by Crippen LogP contribution is -2.35. The summed E-state index contributed by atoms with van der Waals surface area (Å²) < 4.78 is 74.6. The SMILES string of the molecule is CC1(c2ccc(C#N)cc2F)Oc2cccc(C3CCN(Cc4nc5cc(-c6nnc(C(F)(F)F)[nH]6)ncc5n4C[C@@H]4CCO4)CC3)c2O1. The highest BCUT2D eigenvalue weighted by Crippen LogP contribution is 2.49. The number of likely N-dealkylation sites (tertiary alicyclic amines) is 1. The summed E-state index contributed by atoms with van der Waals surface area (Å²) in [6.07, 6.45) is -0.376. The Morgan fingerprint density at radius 2 is 1.90 bits per heavy atom. The number of alkyl halides is 3. The van der Waals surface area contributed by atoms with Gasteiger partial charge in [0, 0.05) is 19.1 Å². The van der Waals surface area contributed by atoms with Crippen LogP contribution in [-0.2, 0) is 29.8 Å². The Labute approximate surface area is 277 Å². The van der Waals surface area contributed by atoms with E-state index in [0.717, 1.165) is 49.3 Å². The highest BCUT2D eigenvalue weighted by atomic mass is 19.4. The molecule has 3 aromatic heterocycles. The number of pyridine rings is 1. The summed E-state index contributed by atoms with van der Waals surface area (Å²) in [4.78, 5) is 13.8. The minimum Gasteiger partial charge on any atom is -0.444 e. The molecule has 3 aliphatic rings. The van der Waals surface area contributed by atoms with E-state index in [9.17, 15) is 17.6 Å². The van der Waals surface area contributed by atoms with Gasteiger partial charge in [0.2, 0.25) is 5.82 Å². The Hall–Kier alpha value is -5.07. The van der Waals surface area contributed by atoms with E-state index in [1.807, 2.05) is 24.3 Å². The van der Waals surface area contributed by atoms with Gasteiger partial charge in [-0.1, -0.05) is 12.1 Å². The molecule has 2 saturated heterocycles. The van der Waals surface area contributed by atoms with Crippen LogP contribution in [-0.4, -0.2) is 60.4 Å². The lowest BCUT2D eigenvalue weighted by Gasteiger charge is -2.33. The number of nitriles is 1. The van der Waals surface area contributed by atoms with Crippen molar-refractivity contribution in [2.45, 2.75) is 63.3 Å². The van der Waals surface area contributed by atoms with Gasteiger partial charge < -0.3 is 23.8 Å². The number of hydrogen-bond acceptors (Lipinski definition) is 9. The number of nitrogens with zero attached hydrogens (tertiary/aromatic N) is 7. The zero-order valence-electron chi connectivity index (χ0n) is 26.3. The van der Waals surface area contributed by atoms with E-state index < -0.39 is 23.6 Å². The maximum absolute atomic E-state index is 15.0. The molecule has 1 N–H and O–H groups in total. The minimum atomic E-state index is -4.64. The maximum atomic E-state index is 15.0. The molecule has 8 rings (SSSR count). The van der Waals surface area contributed by atoms with E-state index in [4.69, 9.17) is 24.5 Å². The van der Waals surface area contributed by atoms with Gasteiger partial charge in [-0.05, 0) is 68.6 Å². The normalized spacial score (nSPS) is 21.2. The fourth-order valence-corrected chi connectivity index (χ4v) is 6.80. The van der Waals surface area contributed by atoms with Crippen molar-refractivity contribution >= 4 is 11.0 Å². The Kier molecular flexibility index (Phi) is 7.53. The standard InChI is InChI=1S/C34H30F4N8O3/c1-33(23-6-5-19(15-39)13-24(23)35)48-28-4-2-3-22(30(28)49-33)20-7-10-45(11-8-20)18-29-41-25-14-26(31-42-32(44-43-31)34(36,37)38)40-16-27(25)46(29)17-21-9-12-47-21/h2-6,13-14,16,20-21H,7-12,17-18H2,1H3,(H,42,43,44)/t21-,33?/m0/s1. The lowest BCUT2D eigenvalue weighted by molar-refractivity contribution is -0.144. The number of hydrogen-bond donors (Lipinski definition) is 1. The molecule has 0 amide bonds. The fourth-order valence-electron chi connectivity index (χ4n) is 6.80. The number of ether oxygens (including phenoxy) is 3. The van der Waals surface area contributed by atoms with Crippen LogP contribution in [0.25, 0.3) is 22.6 Å². The summed E-state index contributed by atoms with van der Waals surface area (Å²) in [6.45, 7) is 5.09. The number of para-hydroxylation sites is 1. The van der Waals surface area contributed by atoms with Gasteiger partial charge in [-0.25, -0.2) is 9.37 Å². The van der Waals surface area contributed by atoms with E-state index in [-0.39, 0.29) is 34.7 Å². The van der Waals surface area contributed by atoms with Crippen molar-refractivity contribution < 1.29 is 31.8 Å². The van der Waals surface area contributed by atoms with Gasteiger partial charge in [-0.3, -0.25) is 9.88 Å². The number of halogens is 4. The average molecular weight is 675 g/mol. The number of piperidine rings is 1. The second-order valence-corrected chi connectivity index (χ2v) is 12.7. The molecule has 2 atom stereocenters. The van der Waals surface area contributed by atoms with Crippen LogP contribution in [0.4, 0.5) is 17.6 Å². The Morgan fingerprint density at radius 3 is 2.59 bits per heavy atom. The molecule has 5 aromatic rings. The Morgan fingerprint density at radius 1 is 1.08 bits per heavy atom. The monoisotopic (exact) mass is 674 g/mol. The van der Waals surface area contributed by atoms with Crippen LogP contribution in [0.1, 0.15) is 60.4 Å². The highest BCUT2D eigenvalue weighted by Gasteiger charge is 2.43. The summed E-state index contributed by atoms with van der Waals surface area (Å²) in [5, 5.41) is 16.0. The van der Waals surface area contributed by atoms with Crippen LogP contribution in [0.5, 0.6) is 11.5 Å². The van der Waals surface area contributed by atoms with Crippen LogP contribution < -0.4 is 9.47 Å². The first kappa shape index (κ1) is 31.2. The smallest absolute Gasteiger partial charge is 0.444 e. The summed E-state index contributed by atoms with van der Waals surface area (Å²) in [6, 6.07) is 13.6. The molecule has 15 heteroatoms. The molecular weight excluding hydrogens is 644 g/mol. The summed E-state index contributed by atoms with van der Waals surface area (Å²) in [7, 11) is 0. The molecule has 11 nitrogen and oxygen atoms in total. The van der Waals surface area contributed by atoms with Gasteiger partial charge in [-0.2, -0.15) is 18.4 Å². The molecule has 0 aliphatic carbocycles. The number of nitrogens with one attached hydrogen (secondary N) is 1. The zero-order chi connectivity index (χ0) is 33.9. The molecular formula is C34H30F4N8O3. The third kappa shape index (κ3) is 5.74. The number of fused-ring (bicyclic) bond motifs is 2. The molecule has 1 unspecified atom stereocenters. The Balaban J connectivity index is 0.996. The van der Waals surface area contributed by atoms with Gasteiger partial charge in [-0.15, -0.1) is 10.2 Å². The third-order valence-corrected chi connectivity index (χ3v) is 9.48. The summed E-state index contributed by atoms with van der Waals surface area (Å²) in [5.74, 6) is -1.07. The molecule has 2 fully saturated rings. The topological polar surface area (TPSA) is 127 Å². The van der Waals surface area contributed by atoms with Gasteiger partial charge in [0.15, 0.2) is 17.3 Å². The number of benzene rings is 2. The molecule has 2 aromatic carbocycles. The Bertz CT molecular complexity index is 2100. The fraction of sp³-hybridized carbons (Fsp3) is 0.382.